The minimum absolute atomic E-state index is 0.140. The molecule has 0 atom stereocenters. The van der Waals surface area contributed by atoms with Crippen LogP contribution < -0.4 is 0 Å². The first kappa shape index (κ1) is 43.1. The molecular formula is C34H55N3O8S. The van der Waals surface area contributed by atoms with Gasteiger partial charge in [0.2, 0.25) is 0 Å². The van der Waals surface area contributed by atoms with E-state index in [0.29, 0.717) is 5.75 Å². The molecule has 46 heavy (non-hydrogen) atoms. The number of aryl methyl sites for hydroxylation is 1. The highest BCUT2D eigenvalue weighted by Crippen LogP contribution is 2.27. The van der Waals surface area contributed by atoms with Gasteiger partial charge < -0.3 is 40.2 Å². The Bertz CT molecular complexity index is 1280. The van der Waals surface area contributed by atoms with Gasteiger partial charge in [-0.1, -0.05) is 48.0 Å². The molecule has 260 valence electrons. The fraction of sp³-hybridized carbons (Fsp3) is 0.471. The van der Waals surface area contributed by atoms with E-state index in [1.807, 2.05) is 65.4 Å². The van der Waals surface area contributed by atoms with Crippen molar-refractivity contribution in [2.75, 3.05) is 62.1 Å². The molecule has 0 spiro atoms. The Morgan fingerprint density at radius 1 is 0.717 bits per heavy atom. The van der Waals surface area contributed by atoms with E-state index in [2.05, 4.69) is 45.1 Å². The Kier molecular flexibility index (Phi) is 21.9. The molecule has 3 rings (SSSR count). The van der Waals surface area contributed by atoms with Crippen LogP contribution in [0.25, 0.3) is 0 Å². The summed E-state index contributed by atoms with van der Waals surface area (Å²) >= 11 is 0. The van der Waals surface area contributed by atoms with E-state index >= 15 is 0 Å². The van der Waals surface area contributed by atoms with Crippen molar-refractivity contribution in [3.8, 4) is 5.75 Å². The van der Waals surface area contributed by atoms with Crippen LogP contribution in [0.1, 0.15) is 34.7 Å². The Morgan fingerprint density at radius 2 is 1.17 bits per heavy atom. The lowest BCUT2D eigenvalue weighted by atomic mass is 10.0. The summed E-state index contributed by atoms with van der Waals surface area (Å²) in [6.07, 6.45) is -0.954. The number of aliphatic hydroxyl groups excluding tert-OH is 4. The maximum atomic E-state index is 11.3. The zero-order valence-corrected chi connectivity index (χ0v) is 29.4. The zero-order valence-electron chi connectivity index (χ0n) is 28.6. The predicted octanol–water partition coefficient (Wildman–Crippen LogP) is 2.81. The van der Waals surface area contributed by atoms with E-state index in [-0.39, 0.29) is 31.3 Å². The zero-order chi connectivity index (χ0) is 35.3. The number of phenols is 1. The van der Waals surface area contributed by atoms with Crippen molar-refractivity contribution in [2.24, 2.45) is 0 Å². The first-order valence-corrected chi connectivity index (χ1v) is 16.3. The largest absolute Gasteiger partial charge is 0.507 e. The molecule has 0 aliphatic rings. The minimum Gasteiger partial charge on any atom is -0.507 e. The van der Waals surface area contributed by atoms with Gasteiger partial charge in [0.25, 0.3) is 10.1 Å². The summed E-state index contributed by atoms with van der Waals surface area (Å²) in [6.45, 7) is 5.52. The first-order valence-electron chi connectivity index (χ1n) is 14.9. The lowest BCUT2D eigenvalue weighted by Gasteiger charge is -2.19. The third-order valence-electron chi connectivity index (χ3n) is 5.83. The van der Waals surface area contributed by atoms with Crippen molar-refractivity contribution in [3.63, 3.8) is 0 Å². The monoisotopic (exact) mass is 665 g/mol. The highest BCUT2D eigenvalue weighted by Gasteiger charge is 2.13. The van der Waals surface area contributed by atoms with Crippen molar-refractivity contribution < 1.29 is 38.1 Å². The summed E-state index contributed by atoms with van der Waals surface area (Å²) in [7, 11) is 8.66. The fourth-order valence-electron chi connectivity index (χ4n) is 3.78. The molecule has 11 nitrogen and oxygen atoms in total. The van der Waals surface area contributed by atoms with Crippen LogP contribution >= 0.6 is 0 Å². The molecule has 3 aromatic carbocycles. The second-order valence-corrected chi connectivity index (χ2v) is 12.9. The summed E-state index contributed by atoms with van der Waals surface area (Å²) in [6, 6.07) is 20.3. The normalized spacial score (nSPS) is 11.0. The second kappa shape index (κ2) is 23.4. The van der Waals surface area contributed by atoms with Crippen LogP contribution in [0, 0.1) is 6.92 Å². The third kappa shape index (κ3) is 18.9. The molecule has 0 aliphatic carbocycles. The number of nitrogens with zero attached hydrogens (tertiary/aromatic N) is 3. The number of rotatable bonds is 12. The second-order valence-electron chi connectivity index (χ2n) is 11.3. The SMILES string of the molecule is CCOS(=O)(=O)c1ccc(C)cc1.CN(C)Cc1cc(CN(C)C)c(O)c(CN(C)C)c1.OCC(O)CO.OCc1ccccc1. The molecule has 0 fully saturated rings. The van der Waals surface area contributed by atoms with Crippen LogP contribution in [0.4, 0.5) is 0 Å². The number of benzene rings is 3. The van der Waals surface area contributed by atoms with E-state index in [1.54, 1.807) is 31.2 Å². The molecule has 5 N–H and O–H groups in total. The highest BCUT2D eigenvalue weighted by molar-refractivity contribution is 7.86. The van der Waals surface area contributed by atoms with Gasteiger partial charge in [-0.2, -0.15) is 8.42 Å². The van der Waals surface area contributed by atoms with Crippen molar-refractivity contribution >= 4 is 10.1 Å². The highest BCUT2D eigenvalue weighted by atomic mass is 32.2. The van der Waals surface area contributed by atoms with E-state index in [0.717, 1.165) is 41.9 Å². The Morgan fingerprint density at radius 3 is 1.50 bits per heavy atom. The molecular weight excluding hydrogens is 610 g/mol. The molecule has 0 saturated carbocycles. The number of aliphatic hydroxyl groups is 4. The van der Waals surface area contributed by atoms with E-state index < -0.39 is 16.2 Å². The average molecular weight is 666 g/mol. The third-order valence-corrected chi connectivity index (χ3v) is 7.22. The molecule has 0 saturated heterocycles. The maximum Gasteiger partial charge on any atom is 0.296 e. The molecule has 12 heteroatoms. The number of aromatic hydroxyl groups is 1. The summed E-state index contributed by atoms with van der Waals surface area (Å²) in [5.41, 5.74) is 5.24. The standard InChI is InChI=1S/C15H27N3O.C9H12O3S.C7H8O.C3H8O3/c1-16(2)9-12-7-13(10-17(3)4)15(19)14(8-12)11-18(5)6;1-3-12-13(10,11)9-6-4-8(2)5-7-9;8-6-7-4-2-1-3-5-7;4-1-3(6)2-5/h7-8,19H,9-11H2,1-6H3;4-7H,3H2,1-2H3;1-5,8H,6H2;3-6H,1-2H2. The van der Waals surface area contributed by atoms with Gasteiger partial charge in [0.1, 0.15) is 11.9 Å². The Balaban J connectivity index is 0.000000645. The van der Waals surface area contributed by atoms with Crippen LogP contribution in [0.2, 0.25) is 0 Å². The van der Waals surface area contributed by atoms with Gasteiger partial charge in [-0.25, -0.2) is 0 Å². The Labute approximate surface area is 276 Å². The van der Waals surface area contributed by atoms with Gasteiger partial charge in [0.15, 0.2) is 0 Å². The maximum absolute atomic E-state index is 11.3. The quantitative estimate of drug-likeness (QED) is 0.182. The molecule has 0 aromatic heterocycles. The smallest absolute Gasteiger partial charge is 0.296 e. The van der Waals surface area contributed by atoms with Crippen molar-refractivity contribution in [3.05, 3.63) is 94.5 Å². The number of phenolic OH excluding ortho intramolecular Hbond substituents is 1. The topological polar surface area (TPSA) is 154 Å². The van der Waals surface area contributed by atoms with Crippen molar-refractivity contribution in [1.82, 2.24) is 14.7 Å². The molecule has 0 heterocycles. The molecule has 0 aliphatic heterocycles. The van der Waals surface area contributed by atoms with E-state index in [9.17, 15) is 13.5 Å². The van der Waals surface area contributed by atoms with Gasteiger partial charge in [-0.15, -0.1) is 0 Å². The molecule has 3 aromatic rings. The van der Waals surface area contributed by atoms with Crippen molar-refractivity contribution in [2.45, 2.75) is 51.1 Å². The fourth-order valence-corrected chi connectivity index (χ4v) is 4.70. The summed E-state index contributed by atoms with van der Waals surface area (Å²) < 4.78 is 27.3. The summed E-state index contributed by atoms with van der Waals surface area (Å²) in [4.78, 5) is 6.51. The number of hydrogen-bond donors (Lipinski definition) is 5. The van der Waals surface area contributed by atoms with Crippen LogP contribution in [0.15, 0.2) is 71.6 Å². The van der Waals surface area contributed by atoms with Crippen LogP contribution in [-0.2, 0) is 40.5 Å². The first-order chi connectivity index (χ1) is 21.6. The molecule has 0 bridgehead atoms. The lowest BCUT2D eigenvalue weighted by Crippen LogP contribution is -2.16. The number of hydrogen-bond acceptors (Lipinski definition) is 11. The predicted molar refractivity (Wildman–Crippen MR) is 183 cm³/mol. The summed E-state index contributed by atoms with van der Waals surface area (Å²) in [5.74, 6) is 0.435. The van der Waals surface area contributed by atoms with E-state index in [4.69, 9.17) is 20.4 Å². The van der Waals surface area contributed by atoms with E-state index in [1.165, 1.54) is 5.56 Å². The van der Waals surface area contributed by atoms with Gasteiger partial charge in [-0.3, -0.25) is 4.18 Å². The van der Waals surface area contributed by atoms with Gasteiger partial charge >= 0.3 is 0 Å². The van der Waals surface area contributed by atoms with Crippen molar-refractivity contribution in [1.29, 1.82) is 0 Å². The van der Waals surface area contributed by atoms with Gasteiger partial charge in [0, 0.05) is 30.8 Å². The van der Waals surface area contributed by atoms with Crippen LogP contribution in [-0.4, -0.2) is 117 Å². The molecule has 0 amide bonds. The Hall–Kier alpha value is -2.91. The summed E-state index contributed by atoms with van der Waals surface area (Å²) in [5, 5.41) is 42.9. The average Bonchev–Trinajstić information content (AvgIpc) is 3.00. The van der Waals surface area contributed by atoms with Gasteiger partial charge in [-0.05, 0) is 91.5 Å². The van der Waals surface area contributed by atoms with Gasteiger partial charge in [0.05, 0.1) is 31.3 Å². The lowest BCUT2D eigenvalue weighted by molar-refractivity contribution is 0.0450. The molecule has 0 radical (unpaired) electrons. The van der Waals surface area contributed by atoms with Crippen LogP contribution in [0.3, 0.4) is 0 Å². The minimum atomic E-state index is -3.53. The molecule has 0 unspecified atom stereocenters. The van der Waals surface area contributed by atoms with Crippen LogP contribution in [0.5, 0.6) is 5.75 Å².